The van der Waals surface area contributed by atoms with Crippen LogP contribution in [0.3, 0.4) is 0 Å². The van der Waals surface area contributed by atoms with Crippen molar-refractivity contribution in [2.24, 2.45) is 4.99 Å². The molecule has 0 aliphatic carbocycles. The number of rotatable bonds is 5. The molecule has 0 bridgehead atoms. The molecule has 5 nitrogen and oxygen atoms in total. The van der Waals surface area contributed by atoms with Crippen molar-refractivity contribution in [3.63, 3.8) is 0 Å². The number of amidine groups is 1. The maximum atomic E-state index is 12.2. The van der Waals surface area contributed by atoms with E-state index < -0.39 is 0 Å². The third-order valence-electron chi connectivity index (χ3n) is 2.75. The summed E-state index contributed by atoms with van der Waals surface area (Å²) in [4.78, 5) is 16.4. The average molecular weight is 329 g/mol. The number of benzene rings is 1. The highest BCUT2D eigenvalue weighted by molar-refractivity contribution is 8.14. The molecule has 0 unspecified atom stereocenters. The number of aliphatic imine (C=N–C) groups is 1. The average Bonchev–Trinajstić information content (AvgIpc) is 2.98. The number of hydrogen-bond acceptors (Lipinski definition) is 5. The Kier molecular flexibility index (Phi) is 5.76. The van der Waals surface area contributed by atoms with Gasteiger partial charge in [0, 0.05) is 11.3 Å². The highest BCUT2D eigenvalue weighted by Gasteiger charge is 2.18. The Labute approximate surface area is 133 Å². The summed E-state index contributed by atoms with van der Waals surface area (Å²) in [5, 5.41) is 3.75. The van der Waals surface area contributed by atoms with E-state index in [1.807, 2.05) is 6.92 Å². The first-order valence-corrected chi connectivity index (χ1v) is 8.01. The van der Waals surface area contributed by atoms with Crippen LogP contribution in [0.5, 0.6) is 11.5 Å². The molecule has 0 spiro atoms. The number of nitrogens with zero attached hydrogens (tertiary/aromatic N) is 1. The Morgan fingerprint density at radius 3 is 2.95 bits per heavy atom. The molecule has 0 radical (unpaired) electrons. The molecule has 1 aromatic carbocycles. The Morgan fingerprint density at radius 2 is 2.33 bits per heavy atom. The van der Waals surface area contributed by atoms with Crippen LogP contribution in [0.2, 0.25) is 5.02 Å². The van der Waals surface area contributed by atoms with Gasteiger partial charge >= 0.3 is 0 Å². The maximum Gasteiger partial charge on any atom is 0.257 e. The number of hydrogen-bond donors (Lipinski definition) is 1. The van der Waals surface area contributed by atoms with Crippen LogP contribution in [0.25, 0.3) is 0 Å². The molecule has 0 fully saturated rings. The third kappa shape index (κ3) is 4.04. The van der Waals surface area contributed by atoms with Gasteiger partial charge in [-0.15, -0.1) is 0 Å². The van der Waals surface area contributed by atoms with E-state index in [9.17, 15) is 4.79 Å². The van der Waals surface area contributed by atoms with Gasteiger partial charge in [-0.05, 0) is 18.6 Å². The van der Waals surface area contributed by atoms with Crippen LogP contribution < -0.4 is 14.8 Å². The molecule has 2 rings (SSSR count). The Bertz CT molecular complexity index is 563. The molecule has 1 heterocycles. The Morgan fingerprint density at radius 1 is 1.52 bits per heavy atom. The molecule has 0 aromatic heterocycles. The third-order valence-corrected chi connectivity index (χ3v) is 3.92. The minimum atomic E-state index is -0.259. The van der Waals surface area contributed by atoms with Crippen LogP contribution >= 0.6 is 23.4 Å². The topological polar surface area (TPSA) is 59.9 Å². The molecule has 1 N–H and O–H groups in total. The van der Waals surface area contributed by atoms with Gasteiger partial charge in [0.1, 0.15) is 0 Å². The fraction of sp³-hybridized carbons (Fsp3) is 0.429. The van der Waals surface area contributed by atoms with Crippen molar-refractivity contribution in [2.75, 3.05) is 26.0 Å². The highest BCUT2D eigenvalue weighted by atomic mass is 35.5. The lowest BCUT2D eigenvalue weighted by molar-refractivity contribution is 0.0977. The molecule has 1 aliphatic rings. The first kappa shape index (κ1) is 16.0. The minimum Gasteiger partial charge on any atom is -0.493 e. The van der Waals surface area contributed by atoms with Gasteiger partial charge in [-0.25, -0.2) is 0 Å². The fourth-order valence-corrected chi connectivity index (χ4v) is 2.76. The Balaban J connectivity index is 2.20. The van der Waals surface area contributed by atoms with Gasteiger partial charge in [0.25, 0.3) is 5.91 Å². The van der Waals surface area contributed by atoms with Crippen molar-refractivity contribution >= 4 is 34.4 Å². The van der Waals surface area contributed by atoms with Gasteiger partial charge in [-0.2, -0.15) is 0 Å². The lowest BCUT2D eigenvalue weighted by Crippen LogP contribution is -2.27. The van der Waals surface area contributed by atoms with E-state index in [1.54, 1.807) is 12.1 Å². The molecule has 0 saturated heterocycles. The predicted octanol–water partition coefficient (Wildman–Crippen LogP) is 2.97. The zero-order valence-corrected chi connectivity index (χ0v) is 13.5. The summed E-state index contributed by atoms with van der Waals surface area (Å²) < 4.78 is 10.8. The van der Waals surface area contributed by atoms with E-state index in [4.69, 9.17) is 21.1 Å². The number of halogens is 1. The first-order chi connectivity index (χ1) is 10.2. The second-order valence-corrected chi connectivity index (χ2v) is 5.82. The van der Waals surface area contributed by atoms with Crippen LogP contribution in [0.15, 0.2) is 17.1 Å². The van der Waals surface area contributed by atoms with Crippen LogP contribution in [0.4, 0.5) is 0 Å². The molecule has 21 heavy (non-hydrogen) atoms. The summed E-state index contributed by atoms with van der Waals surface area (Å²) in [7, 11) is 1.52. The standard InChI is InChI=1S/C14H17ClN2O3S/c1-3-5-20-12-10(15)7-9(8-11(12)19-2)13(18)17-14-16-4-6-21-14/h7-8H,3-6H2,1-2H3,(H,16,17,18). The number of carbonyl (C=O) groups excluding carboxylic acids is 1. The van der Waals surface area contributed by atoms with E-state index in [2.05, 4.69) is 10.3 Å². The molecule has 0 saturated carbocycles. The van der Waals surface area contributed by atoms with Gasteiger partial charge < -0.3 is 14.8 Å². The van der Waals surface area contributed by atoms with Gasteiger partial charge in [-0.3, -0.25) is 9.79 Å². The molecule has 0 atom stereocenters. The van der Waals surface area contributed by atoms with Crippen molar-refractivity contribution in [3.05, 3.63) is 22.7 Å². The highest BCUT2D eigenvalue weighted by Crippen LogP contribution is 2.36. The van der Waals surface area contributed by atoms with E-state index in [0.29, 0.717) is 33.9 Å². The summed E-state index contributed by atoms with van der Waals surface area (Å²) in [6.07, 6.45) is 0.860. The van der Waals surface area contributed by atoms with E-state index in [0.717, 1.165) is 18.7 Å². The lowest BCUT2D eigenvalue weighted by Gasteiger charge is -2.13. The lowest BCUT2D eigenvalue weighted by atomic mass is 10.2. The molecule has 1 aliphatic heterocycles. The Hall–Kier alpha value is -1.40. The molecule has 114 valence electrons. The van der Waals surface area contributed by atoms with Crippen LogP contribution in [0.1, 0.15) is 23.7 Å². The molecule has 1 amide bonds. The van der Waals surface area contributed by atoms with Crippen molar-refractivity contribution in [1.29, 1.82) is 0 Å². The number of ether oxygens (including phenoxy) is 2. The second-order valence-electron chi connectivity index (χ2n) is 4.33. The maximum absolute atomic E-state index is 12.2. The van der Waals surface area contributed by atoms with Gasteiger partial charge in [0.05, 0.1) is 25.3 Å². The molecule has 7 heteroatoms. The summed E-state index contributed by atoms with van der Waals surface area (Å²) in [5.41, 5.74) is 0.413. The quantitative estimate of drug-likeness (QED) is 0.902. The predicted molar refractivity (Wildman–Crippen MR) is 86.0 cm³/mol. The van der Waals surface area contributed by atoms with Crippen molar-refractivity contribution in [2.45, 2.75) is 13.3 Å². The SMILES string of the molecule is CCCOc1c(Cl)cc(C(=O)NC2=NCCS2)cc1OC. The number of amides is 1. The number of methoxy groups -OCH3 is 1. The summed E-state index contributed by atoms with van der Waals surface area (Å²) in [6.45, 7) is 3.27. The van der Waals surface area contributed by atoms with E-state index in [-0.39, 0.29) is 5.91 Å². The number of thioether (sulfide) groups is 1. The molecular formula is C14H17ClN2O3S. The zero-order valence-electron chi connectivity index (χ0n) is 11.9. The summed E-state index contributed by atoms with van der Waals surface area (Å²) in [5.74, 6) is 1.54. The van der Waals surface area contributed by atoms with Gasteiger partial charge in [0.15, 0.2) is 16.7 Å². The fourth-order valence-electron chi connectivity index (χ4n) is 1.78. The van der Waals surface area contributed by atoms with Crippen molar-refractivity contribution in [3.8, 4) is 11.5 Å². The monoisotopic (exact) mass is 328 g/mol. The zero-order chi connectivity index (χ0) is 15.2. The molecule has 1 aromatic rings. The number of nitrogens with one attached hydrogen (secondary N) is 1. The molecular weight excluding hydrogens is 312 g/mol. The van der Waals surface area contributed by atoms with Gasteiger partial charge in [-0.1, -0.05) is 30.3 Å². The van der Waals surface area contributed by atoms with Crippen molar-refractivity contribution in [1.82, 2.24) is 5.32 Å². The summed E-state index contributed by atoms with van der Waals surface area (Å²) in [6, 6.07) is 3.19. The van der Waals surface area contributed by atoms with E-state index >= 15 is 0 Å². The van der Waals surface area contributed by atoms with Crippen molar-refractivity contribution < 1.29 is 14.3 Å². The minimum absolute atomic E-state index is 0.259. The smallest absolute Gasteiger partial charge is 0.257 e. The second kappa shape index (κ2) is 7.56. The van der Waals surface area contributed by atoms with Crippen LogP contribution in [-0.4, -0.2) is 37.1 Å². The van der Waals surface area contributed by atoms with Crippen LogP contribution in [0, 0.1) is 0 Å². The largest absolute Gasteiger partial charge is 0.493 e. The first-order valence-electron chi connectivity index (χ1n) is 6.64. The summed E-state index contributed by atoms with van der Waals surface area (Å²) >= 11 is 7.71. The normalized spacial score (nSPS) is 13.8. The van der Waals surface area contributed by atoms with Gasteiger partial charge in [0.2, 0.25) is 0 Å². The van der Waals surface area contributed by atoms with E-state index in [1.165, 1.54) is 18.9 Å². The number of carbonyl (C=O) groups is 1. The van der Waals surface area contributed by atoms with Crippen LogP contribution in [-0.2, 0) is 0 Å².